The van der Waals surface area contributed by atoms with Crippen LogP contribution >= 0.6 is 11.6 Å². The second-order valence-electron chi connectivity index (χ2n) is 2.85. The maximum atomic E-state index is 11.1. The van der Waals surface area contributed by atoms with E-state index in [1.165, 1.54) is 0 Å². The minimum Gasteiger partial charge on any atom is -0.380 e. The zero-order valence-corrected chi connectivity index (χ0v) is 8.52. The molecule has 3 nitrogen and oxygen atoms in total. The van der Waals surface area contributed by atoms with Gasteiger partial charge in [0, 0.05) is 25.5 Å². The number of carbonyl (C=O) groups excluding carboxylic acids is 1. The topological polar surface area (TPSA) is 38.3 Å². The lowest BCUT2D eigenvalue weighted by Gasteiger charge is -2.12. The number of hydrogen-bond acceptors (Lipinski definition) is 2. The first-order valence-electron chi connectivity index (χ1n) is 3.98. The Morgan fingerprint density at radius 2 is 2.17 bits per heavy atom. The Bertz CT molecular complexity index is 141. The number of rotatable bonds is 5. The summed E-state index contributed by atoms with van der Waals surface area (Å²) >= 11 is 5.50. The van der Waals surface area contributed by atoms with Crippen molar-refractivity contribution in [2.75, 3.05) is 19.5 Å². The standard InChI is InChI=1S/C8H16ClNO2/c1-6(4-9)8(11)10-5-7(2)12-3/h6-7H,4-5H2,1-3H3,(H,10,11). The molecular weight excluding hydrogens is 178 g/mol. The number of halogens is 1. The molecule has 0 aliphatic rings. The van der Waals surface area contributed by atoms with E-state index in [1.54, 1.807) is 14.0 Å². The van der Waals surface area contributed by atoms with Crippen LogP contribution in [0.5, 0.6) is 0 Å². The maximum absolute atomic E-state index is 11.1. The first kappa shape index (κ1) is 11.7. The summed E-state index contributed by atoms with van der Waals surface area (Å²) < 4.78 is 4.97. The predicted octanol–water partition coefficient (Wildman–Crippen LogP) is 1.01. The molecule has 0 aliphatic heterocycles. The van der Waals surface area contributed by atoms with Crippen LogP contribution in [-0.2, 0) is 9.53 Å². The highest BCUT2D eigenvalue weighted by Gasteiger charge is 2.11. The van der Waals surface area contributed by atoms with E-state index in [0.29, 0.717) is 12.4 Å². The molecule has 0 radical (unpaired) electrons. The summed E-state index contributed by atoms with van der Waals surface area (Å²) in [7, 11) is 1.61. The van der Waals surface area contributed by atoms with Gasteiger partial charge in [0.05, 0.1) is 6.10 Å². The molecule has 2 atom stereocenters. The lowest BCUT2D eigenvalue weighted by molar-refractivity contribution is -0.124. The lowest BCUT2D eigenvalue weighted by atomic mass is 10.2. The van der Waals surface area contributed by atoms with Gasteiger partial charge >= 0.3 is 0 Å². The number of ether oxygens (including phenoxy) is 1. The molecule has 1 N–H and O–H groups in total. The van der Waals surface area contributed by atoms with E-state index < -0.39 is 0 Å². The summed E-state index contributed by atoms with van der Waals surface area (Å²) in [5.74, 6) is 0.206. The average molecular weight is 194 g/mol. The van der Waals surface area contributed by atoms with Gasteiger partial charge in [0.1, 0.15) is 0 Å². The molecule has 0 bridgehead atoms. The van der Waals surface area contributed by atoms with E-state index >= 15 is 0 Å². The van der Waals surface area contributed by atoms with E-state index in [1.807, 2.05) is 6.92 Å². The molecule has 0 saturated carbocycles. The van der Waals surface area contributed by atoms with Crippen molar-refractivity contribution in [1.82, 2.24) is 5.32 Å². The summed E-state index contributed by atoms with van der Waals surface area (Å²) in [5, 5.41) is 2.74. The van der Waals surface area contributed by atoms with Crippen molar-refractivity contribution in [3.05, 3.63) is 0 Å². The quantitative estimate of drug-likeness (QED) is 0.662. The zero-order valence-electron chi connectivity index (χ0n) is 7.76. The number of nitrogens with one attached hydrogen (secondary N) is 1. The second kappa shape index (κ2) is 6.26. The number of alkyl halides is 1. The van der Waals surface area contributed by atoms with Crippen LogP contribution < -0.4 is 5.32 Å². The van der Waals surface area contributed by atoms with Gasteiger partial charge in [-0.2, -0.15) is 0 Å². The van der Waals surface area contributed by atoms with Crippen molar-refractivity contribution in [2.45, 2.75) is 20.0 Å². The summed E-state index contributed by atoms with van der Waals surface area (Å²) in [6, 6.07) is 0. The van der Waals surface area contributed by atoms with E-state index in [4.69, 9.17) is 16.3 Å². The second-order valence-corrected chi connectivity index (χ2v) is 3.16. The van der Waals surface area contributed by atoms with Gasteiger partial charge in [0.15, 0.2) is 0 Å². The monoisotopic (exact) mass is 193 g/mol. The van der Waals surface area contributed by atoms with Crippen molar-refractivity contribution < 1.29 is 9.53 Å². The van der Waals surface area contributed by atoms with E-state index in [9.17, 15) is 4.79 Å². The molecule has 0 saturated heterocycles. The fourth-order valence-corrected chi connectivity index (χ4v) is 0.712. The van der Waals surface area contributed by atoms with Crippen molar-refractivity contribution in [2.24, 2.45) is 5.92 Å². The third-order valence-corrected chi connectivity index (χ3v) is 2.11. The number of carbonyl (C=O) groups is 1. The van der Waals surface area contributed by atoms with Gasteiger partial charge < -0.3 is 10.1 Å². The summed E-state index contributed by atoms with van der Waals surface area (Å²) in [6.07, 6.45) is 0.0523. The van der Waals surface area contributed by atoms with Gasteiger partial charge in [0.25, 0.3) is 0 Å². The van der Waals surface area contributed by atoms with E-state index in [2.05, 4.69) is 5.32 Å². The van der Waals surface area contributed by atoms with Gasteiger partial charge in [-0.1, -0.05) is 6.92 Å². The molecule has 12 heavy (non-hydrogen) atoms. The van der Waals surface area contributed by atoms with Crippen molar-refractivity contribution in [3.8, 4) is 0 Å². The molecule has 72 valence electrons. The SMILES string of the molecule is COC(C)CNC(=O)C(C)CCl. The third kappa shape index (κ3) is 4.57. The van der Waals surface area contributed by atoms with Crippen LogP contribution in [0.25, 0.3) is 0 Å². The normalized spacial score (nSPS) is 15.3. The van der Waals surface area contributed by atoms with Crippen LogP contribution in [0.1, 0.15) is 13.8 Å². The number of amides is 1. The molecule has 0 aliphatic carbocycles. The average Bonchev–Trinajstić information content (AvgIpc) is 2.11. The first-order valence-corrected chi connectivity index (χ1v) is 4.51. The number of hydrogen-bond donors (Lipinski definition) is 1. The van der Waals surface area contributed by atoms with Gasteiger partial charge in [-0.05, 0) is 6.92 Å². The molecule has 0 aromatic carbocycles. The molecule has 0 spiro atoms. The molecular formula is C8H16ClNO2. The van der Waals surface area contributed by atoms with Crippen LogP contribution in [0.15, 0.2) is 0 Å². The van der Waals surface area contributed by atoms with Crippen molar-refractivity contribution >= 4 is 17.5 Å². The molecule has 1 amide bonds. The molecule has 2 unspecified atom stereocenters. The summed E-state index contributed by atoms with van der Waals surface area (Å²) in [6.45, 7) is 4.22. The van der Waals surface area contributed by atoms with Gasteiger partial charge in [-0.3, -0.25) is 4.79 Å². The Hall–Kier alpha value is -0.280. The lowest BCUT2D eigenvalue weighted by Crippen LogP contribution is -2.35. The highest BCUT2D eigenvalue weighted by atomic mass is 35.5. The smallest absolute Gasteiger partial charge is 0.224 e. The number of methoxy groups -OCH3 is 1. The minimum absolute atomic E-state index is 0.0195. The van der Waals surface area contributed by atoms with Gasteiger partial charge in [-0.25, -0.2) is 0 Å². The fraction of sp³-hybridized carbons (Fsp3) is 0.875. The Morgan fingerprint density at radius 3 is 2.58 bits per heavy atom. The summed E-state index contributed by atoms with van der Waals surface area (Å²) in [5.41, 5.74) is 0. The zero-order chi connectivity index (χ0) is 9.56. The minimum atomic E-state index is -0.129. The van der Waals surface area contributed by atoms with Crippen molar-refractivity contribution in [1.29, 1.82) is 0 Å². The Kier molecular flexibility index (Phi) is 6.11. The van der Waals surface area contributed by atoms with Crippen LogP contribution in [0.4, 0.5) is 0 Å². The van der Waals surface area contributed by atoms with Crippen LogP contribution in [0.3, 0.4) is 0 Å². The highest BCUT2D eigenvalue weighted by molar-refractivity contribution is 6.19. The molecule has 0 rings (SSSR count). The molecule has 0 fully saturated rings. The predicted molar refractivity (Wildman–Crippen MR) is 49.4 cm³/mol. The van der Waals surface area contributed by atoms with Crippen LogP contribution in [0, 0.1) is 5.92 Å². The van der Waals surface area contributed by atoms with Crippen LogP contribution in [-0.4, -0.2) is 31.5 Å². The third-order valence-electron chi connectivity index (χ3n) is 1.65. The van der Waals surface area contributed by atoms with E-state index in [-0.39, 0.29) is 17.9 Å². The van der Waals surface area contributed by atoms with Crippen LogP contribution in [0.2, 0.25) is 0 Å². The first-order chi connectivity index (χ1) is 5.61. The largest absolute Gasteiger partial charge is 0.380 e. The van der Waals surface area contributed by atoms with E-state index in [0.717, 1.165) is 0 Å². The Labute approximate surface area is 78.4 Å². The maximum Gasteiger partial charge on any atom is 0.224 e. The molecule has 4 heteroatoms. The van der Waals surface area contributed by atoms with Gasteiger partial charge in [-0.15, -0.1) is 11.6 Å². The Balaban J connectivity index is 3.56. The van der Waals surface area contributed by atoms with Crippen molar-refractivity contribution in [3.63, 3.8) is 0 Å². The summed E-state index contributed by atoms with van der Waals surface area (Å²) in [4.78, 5) is 11.1. The molecule has 0 aromatic heterocycles. The Morgan fingerprint density at radius 1 is 1.58 bits per heavy atom. The molecule has 0 aromatic rings. The fourth-order valence-electron chi connectivity index (χ4n) is 0.572. The molecule has 0 heterocycles. The van der Waals surface area contributed by atoms with Gasteiger partial charge in [0.2, 0.25) is 5.91 Å². The highest BCUT2D eigenvalue weighted by Crippen LogP contribution is 1.97.